The summed E-state index contributed by atoms with van der Waals surface area (Å²) in [5.41, 5.74) is 1.85. The van der Waals surface area contributed by atoms with Gasteiger partial charge in [0.2, 0.25) is 11.8 Å². The van der Waals surface area contributed by atoms with Crippen molar-refractivity contribution in [2.45, 2.75) is 38.6 Å². The zero-order valence-corrected chi connectivity index (χ0v) is 14.8. The predicted octanol–water partition coefficient (Wildman–Crippen LogP) is 2.63. The van der Waals surface area contributed by atoms with Crippen molar-refractivity contribution < 1.29 is 9.59 Å². The van der Waals surface area contributed by atoms with Gasteiger partial charge in [0.15, 0.2) is 0 Å². The standard InChI is InChI=1S/C18H25N3O2.ClH/c1-12(20-17(22)11-19-10-13-2-3-13)14-6-8-16(9-7-14)21-18(23)15-4-5-15;/h6-9,12-13,15,19H,2-5,10-11H2,1H3,(H,20,22)(H,21,23);1H. The number of hydrogen-bond donors (Lipinski definition) is 3. The maximum absolute atomic E-state index is 11.9. The van der Waals surface area contributed by atoms with Gasteiger partial charge < -0.3 is 16.0 Å². The molecule has 2 saturated carbocycles. The second kappa shape index (κ2) is 8.49. The molecule has 3 rings (SSSR count). The Labute approximate surface area is 149 Å². The average molecular weight is 352 g/mol. The van der Waals surface area contributed by atoms with E-state index in [4.69, 9.17) is 0 Å². The van der Waals surface area contributed by atoms with E-state index in [1.807, 2.05) is 31.2 Å². The summed E-state index contributed by atoms with van der Waals surface area (Å²) in [4.78, 5) is 23.6. The highest BCUT2D eigenvalue weighted by atomic mass is 35.5. The van der Waals surface area contributed by atoms with Gasteiger partial charge in [-0.3, -0.25) is 9.59 Å². The van der Waals surface area contributed by atoms with Gasteiger partial charge in [-0.05, 0) is 62.8 Å². The molecule has 1 unspecified atom stereocenters. The lowest BCUT2D eigenvalue weighted by atomic mass is 10.1. The van der Waals surface area contributed by atoms with E-state index in [1.54, 1.807) is 0 Å². The van der Waals surface area contributed by atoms with E-state index in [-0.39, 0.29) is 36.2 Å². The number of nitrogens with one attached hydrogen (secondary N) is 3. The first kappa shape index (κ1) is 18.7. The van der Waals surface area contributed by atoms with Crippen molar-refractivity contribution in [3.8, 4) is 0 Å². The Balaban J connectivity index is 0.00000208. The molecule has 1 aromatic carbocycles. The number of rotatable bonds is 8. The maximum Gasteiger partial charge on any atom is 0.234 e. The van der Waals surface area contributed by atoms with Crippen molar-refractivity contribution in [2.24, 2.45) is 11.8 Å². The van der Waals surface area contributed by atoms with Crippen LogP contribution in [-0.4, -0.2) is 24.9 Å². The fourth-order valence-corrected chi connectivity index (χ4v) is 2.53. The highest BCUT2D eigenvalue weighted by Crippen LogP contribution is 2.30. The van der Waals surface area contributed by atoms with Crippen molar-refractivity contribution in [2.75, 3.05) is 18.4 Å². The third-order valence-corrected chi connectivity index (χ3v) is 4.42. The summed E-state index contributed by atoms with van der Waals surface area (Å²) in [5.74, 6) is 1.11. The van der Waals surface area contributed by atoms with E-state index >= 15 is 0 Å². The SMILES string of the molecule is CC(NC(=O)CNCC1CC1)c1ccc(NC(=O)C2CC2)cc1.Cl. The molecule has 24 heavy (non-hydrogen) atoms. The minimum Gasteiger partial charge on any atom is -0.348 e. The summed E-state index contributed by atoms with van der Waals surface area (Å²) in [7, 11) is 0. The molecule has 0 heterocycles. The lowest BCUT2D eigenvalue weighted by molar-refractivity contribution is -0.121. The van der Waals surface area contributed by atoms with E-state index in [1.165, 1.54) is 12.8 Å². The number of anilines is 1. The zero-order valence-electron chi connectivity index (χ0n) is 14.0. The Morgan fingerprint density at radius 2 is 1.79 bits per heavy atom. The second-order valence-electron chi connectivity index (χ2n) is 6.75. The summed E-state index contributed by atoms with van der Waals surface area (Å²) in [6.45, 7) is 3.28. The topological polar surface area (TPSA) is 70.2 Å². The number of amides is 2. The van der Waals surface area contributed by atoms with Crippen LogP contribution < -0.4 is 16.0 Å². The van der Waals surface area contributed by atoms with Crippen LogP contribution in [0.2, 0.25) is 0 Å². The van der Waals surface area contributed by atoms with E-state index in [2.05, 4.69) is 16.0 Å². The van der Waals surface area contributed by atoms with Crippen molar-refractivity contribution in [1.29, 1.82) is 0 Å². The largest absolute Gasteiger partial charge is 0.348 e. The third kappa shape index (κ3) is 5.80. The maximum atomic E-state index is 11.9. The lowest BCUT2D eigenvalue weighted by Crippen LogP contribution is -2.36. The summed E-state index contributed by atoms with van der Waals surface area (Å²) in [6, 6.07) is 7.64. The molecule has 2 amide bonds. The van der Waals surface area contributed by atoms with Gasteiger partial charge in [0, 0.05) is 11.6 Å². The summed E-state index contributed by atoms with van der Waals surface area (Å²) in [6.07, 6.45) is 4.58. The molecular weight excluding hydrogens is 326 g/mol. The van der Waals surface area contributed by atoms with Gasteiger partial charge in [-0.25, -0.2) is 0 Å². The highest BCUT2D eigenvalue weighted by molar-refractivity contribution is 5.94. The first-order valence-corrected chi connectivity index (χ1v) is 8.52. The van der Waals surface area contributed by atoms with E-state index in [0.717, 1.165) is 36.6 Å². The first-order chi connectivity index (χ1) is 11.1. The van der Waals surface area contributed by atoms with Gasteiger partial charge in [0.1, 0.15) is 0 Å². The van der Waals surface area contributed by atoms with E-state index in [9.17, 15) is 9.59 Å². The second-order valence-corrected chi connectivity index (χ2v) is 6.75. The van der Waals surface area contributed by atoms with Gasteiger partial charge in [0.05, 0.1) is 12.6 Å². The van der Waals surface area contributed by atoms with Crippen LogP contribution in [0.3, 0.4) is 0 Å². The number of hydrogen-bond acceptors (Lipinski definition) is 3. The first-order valence-electron chi connectivity index (χ1n) is 8.52. The van der Waals surface area contributed by atoms with Crippen molar-refractivity contribution in [1.82, 2.24) is 10.6 Å². The Hall–Kier alpha value is -1.59. The van der Waals surface area contributed by atoms with Crippen LogP contribution in [0.25, 0.3) is 0 Å². The quantitative estimate of drug-likeness (QED) is 0.674. The van der Waals surface area contributed by atoms with Gasteiger partial charge in [-0.2, -0.15) is 0 Å². The Bertz CT molecular complexity index is 568. The Kier molecular flexibility index (Phi) is 6.63. The molecule has 6 heteroatoms. The molecule has 1 aromatic rings. The fourth-order valence-electron chi connectivity index (χ4n) is 2.53. The minimum absolute atomic E-state index is 0. The van der Waals surface area contributed by atoms with Gasteiger partial charge in [-0.1, -0.05) is 12.1 Å². The minimum atomic E-state index is -0.0431. The molecule has 132 valence electrons. The van der Waals surface area contributed by atoms with Crippen LogP contribution >= 0.6 is 12.4 Å². The third-order valence-electron chi connectivity index (χ3n) is 4.42. The molecule has 0 radical (unpaired) electrons. The molecule has 0 aromatic heterocycles. The molecule has 2 fully saturated rings. The Morgan fingerprint density at radius 3 is 2.38 bits per heavy atom. The molecule has 2 aliphatic rings. The monoisotopic (exact) mass is 351 g/mol. The molecule has 0 bridgehead atoms. The number of halogens is 1. The van der Waals surface area contributed by atoms with Crippen molar-refractivity contribution in [3.05, 3.63) is 29.8 Å². The Morgan fingerprint density at radius 1 is 1.12 bits per heavy atom. The zero-order chi connectivity index (χ0) is 16.2. The van der Waals surface area contributed by atoms with Crippen LogP contribution in [0.5, 0.6) is 0 Å². The van der Waals surface area contributed by atoms with Gasteiger partial charge >= 0.3 is 0 Å². The summed E-state index contributed by atoms with van der Waals surface area (Å²) in [5, 5.41) is 9.10. The normalized spacial score (nSPS) is 17.5. The lowest BCUT2D eigenvalue weighted by Gasteiger charge is -2.15. The van der Waals surface area contributed by atoms with Crippen LogP contribution in [-0.2, 0) is 9.59 Å². The molecule has 0 spiro atoms. The van der Waals surface area contributed by atoms with Gasteiger partial charge in [-0.15, -0.1) is 12.4 Å². The molecule has 0 saturated heterocycles. The predicted molar refractivity (Wildman–Crippen MR) is 97.2 cm³/mol. The number of carbonyl (C=O) groups excluding carboxylic acids is 2. The summed E-state index contributed by atoms with van der Waals surface area (Å²) < 4.78 is 0. The molecule has 5 nitrogen and oxygen atoms in total. The van der Waals surface area contributed by atoms with E-state index < -0.39 is 0 Å². The van der Waals surface area contributed by atoms with Crippen molar-refractivity contribution >= 4 is 29.9 Å². The molecular formula is C18H26ClN3O2. The fraction of sp³-hybridized carbons (Fsp3) is 0.556. The van der Waals surface area contributed by atoms with E-state index in [0.29, 0.717) is 6.54 Å². The van der Waals surface area contributed by atoms with Crippen LogP contribution in [0, 0.1) is 11.8 Å². The molecule has 0 aliphatic heterocycles. The highest BCUT2D eigenvalue weighted by Gasteiger charge is 2.29. The van der Waals surface area contributed by atoms with Crippen LogP contribution in [0.1, 0.15) is 44.2 Å². The van der Waals surface area contributed by atoms with Crippen LogP contribution in [0.15, 0.2) is 24.3 Å². The van der Waals surface area contributed by atoms with Crippen molar-refractivity contribution in [3.63, 3.8) is 0 Å². The molecule has 1 atom stereocenters. The number of carbonyl (C=O) groups is 2. The number of benzene rings is 1. The average Bonchev–Trinajstić information content (AvgIpc) is 3.40. The molecule has 3 N–H and O–H groups in total. The molecule has 2 aliphatic carbocycles. The van der Waals surface area contributed by atoms with Crippen LogP contribution in [0.4, 0.5) is 5.69 Å². The smallest absolute Gasteiger partial charge is 0.234 e. The summed E-state index contributed by atoms with van der Waals surface area (Å²) >= 11 is 0. The van der Waals surface area contributed by atoms with Gasteiger partial charge in [0.25, 0.3) is 0 Å².